The molecule has 4 aromatic rings. The molecule has 0 saturated heterocycles. The van der Waals surface area contributed by atoms with Gasteiger partial charge in [0.2, 0.25) is 5.16 Å². The van der Waals surface area contributed by atoms with Crippen molar-refractivity contribution < 1.29 is 26.5 Å². The number of nitro benzene ring substituents is 1. The molecule has 160 valence electrons. The Morgan fingerprint density at radius 1 is 1.10 bits per heavy atom. The summed E-state index contributed by atoms with van der Waals surface area (Å²) in [5.41, 5.74) is -4.19. The predicted octanol–water partition coefficient (Wildman–Crippen LogP) is 4.54. The van der Waals surface area contributed by atoms with Gasteiger partial charge in [-0.25, -0.2) is 8.42 Å². The van der Waals surface area contributed by atoms with Crippen molar-refractivity contribution in [2.75, 3.05) is 0 Å². The van der Waals surface area contributed by atoms with Gasteiger partial charge in [-0.15, -0.1) is 10.2 Å². The number of alkyl halides is 3. The lowest BCUT2D eigenvalue weighted by Crippen LogP contribution is -2.23. The minimum atomic E-state index is -5.73. The number of nitrogens with zero attached hydrogens (tertiary/aromatic N) is 4. The van der Waals surface area contributed by atoms with Gasteiger partial charge in [0, 0.05) is 11.5 Å². The van der Waals surface area contributed by atoms with Gasteiger partial charge in [-0.2, -0.15) is 13.2 Å². The maximum absolute atomic E-state index is 12.8. The fourth-order valence-electron chi connectivity index (χ4n) is 3.07. The van der Waals surface area contributed by atoms with E-state index in [-0.39, 0.29) is 10.1 Å². The number of rotatable bonds is 4. The van der Waals surface area contributed by atoms with Crippen LogP contribution in [0.25, 0.3) is 16.6 Å². The number of aromatic nitrogens is 3. The lowest BCUT2D eigenvalue weighted by atomic mass is 10.1. The van der Waals surface area contributed by atoms with Crippen LogP contribution in [0.2, 0.25) is 0 Å². The van der Waals surface area contributed by atoms with Gasteiger partial charge in [-0.05, 0) is 48.5 Å². The fourth-order valence-corrected chi connectivity index (χ4v) is 4.78. The topological polar surface area (TPSA) is 107 Å². The number of fused-ring (bicyclic) bond motifs is 3. The smallest absolute Gasteiger partial charge is 0.270 e. The monoisotopic (exact) mass is 468 g/mol. The first-order valence-corrected chi connectivity index (χ1v) is 10.8. The van der Waals surface area contributed by atoms with Crippen molar-refractivity contribution in [1.82, 2.24) is 14.6 Å². The number of hydrogen-bond acceptors (Lipinski definition) is 7. The zero-order valence-corrected chi connectivity index (χ0v) is 17.1. The van der Waals surface area contributed by atoms with Gasteiger partial charge < -0.3 is 0 Å². The minimum Gasteiger partial charge on any atom is -0.270 e. The molecule has 0 saturated carbocycles. The highest BCUT2D eigenvalue weighted by Gasteiger charge is 2.47. The molecule has 8 nitrogen and oxygen atoms in total. The molecule has 2 aromatic heterocycles. The molecule has 0 bridgehead atoms. The van der Waals surface area contributed by atoms with Crippen LogP contribution in [0.3, 0.4) is 0 Å². The van der Waals surface area contributed by atoms with Crippen LogP contribution in [0.4, 0.5) is 18.9 Å². The second kappa shape index (κ2) is 7.20. The van der Waals surface area contributed by atoms with E-state index in [9.17, 15) is 31.7 Å². The molecule has 0 amide bonds. The summed E-state index contributed by atoms with van der Waals surface area (Å²) < 4.78 is 63.4. The summed E-state index contributed by atoms with van der Waals surface area (Å²) in [5.74, 6) is 0. The highest BCUT2D eigenvalue weighted by atomic mass is 32.2. The number of aryl methyl sites for hydroxylation is 1. The molecule has 31 heavy (non-hydrogen) atoms. The van der Waals surface area contributed by atoms with Crippen LogP contribution in [0.1, 0.15) is 5.56 Å². The first-order valence-electron chi connectivity index (χ1n) is 8.52. The van der Waals surface area contributed by atoms with Crippen molar-refractivity contribution in [2.45, 2.75) is 27.4 Å². The van der Waals surface area contributed by atoms with Crippen molar-refractivity contribution in [1.29, 1.82) is 0 Å². The van der Waals surface area contributed by atoms with Gasteiger partial charge in [0.15, 0.2) is 5.65 Å². The summed E-state index contributed by atoms with van der Waals surface area (Å²) in [6, 6.07) is 11.2. The summed E-state index contributed by atoms with van der Waals surface area (Å²) in [5, 5.41) is 20.7. The average molecular weight is 468 g/mol. The lowest BCUT2D eigenvalue weighted by Gasteiger charge is -2.10. The summed E-state index contributed by atoms with van der Waals surface area (Å²) >= 11 is 0.798. The Hall–Kier alpha value is -3.19. The second-order valence-electron chi connectivity index (χ2n) is 6.46. The van der Waals surface area contributed by atoms with E-state index in [0.717, 1.165) is 34.3 Å². The quantitative estimate of drug-likeness (QED) is 0.320. The van der Waals surface area contributed by atoms with E-state index in [1.165, 1.54) is 0 Å². The number of sulfone groups is 1. The molecule has 13 heteroatoms. The van der Waals surface area contributed by atoms with Crippen LogP contribution in [0.15, 0.2) is 63.5 Å². The third-order valence-corrected chi connectivity index (χ3v) is 7.01. The van der Waals surface area contributed by atoms with Gasteiger partial charge in [0.1, 0.15) is 0 Å². The van der Waals surface area contributed by atoms with Crippen LogP contribution in [-0.4, -0.2) is 33.4 Å². The highest BCUT2D eigenvalue weighted by Crippen LogP contribution is 2.39. The Labute approximate surface area is 176 Å². The number of halogens is 3. The molecule has 0 unspecified atom stereocenters. The molecular formula is C18H11F3N4O4S2. The van der Waals surface area contributed by atoms with Gasteiger partial charge in [-0.3, -0.25) is 14.5 Å². The first kappa shape index (κ1) is 21.1. The van der Waals surface area contributed by atoms with Crippen LogP contribution in [0.5, 0.6) is 0 Å². The maximum Gasteiger partial charge on any atom is 0.501 e. The van der Waals surface area contributed by atoms with Crippen molar-refractivity contribution in [2.24, 2.45) is 0 Å². The molecule has 0 aliphatic rings. The van der Waals surface area contributed by atoms with Crippen molar-refractivity contribution in [3.63, 3.8) is 0 Å². The van der Waals surface area contributed by atoms with Gasteiger partial charge in [0.25, 0.3) is 15.5 Å². The normalized spacial score (nSPS) is 12.5. The van der Waals surface area contributed by atoms with Gasteiger partial charge >= 0.3 is 5.51 Å². The Bertz CT molecular complexity index is 1470. The lowest BCUT2D eigenvalue weighted by molar-refractivity contribution is -0.388. The molecule has 2 heterocycles. The minimum absolute atomic E-state index is 0.0786. The molecule has 0 aliphatic carbocycles. The Kier molecular flexibility index (Phi) is 4.89. The standard InChI is InChI=1S/C18H11F3N4O4S2/c1-10-8-16-22-23-17(24(16)13-5-3-2-4-12(10)13)30-15-7-6-11(9-14(15)25(26)27)31(28,29)18(19,20)21/h2-9H,1H3. The van der Waals surface area contributed by atoms with E-state index in [1.54, 1.807) is 16.5 Å². The SMILES string of the molecule is Cc1cc2nnc(Sc3ccc(S(=O)(=O)C(F)(F)F)cc3[N+](=O)[O-])n2c2ccccc12. The zero-order chi connectivity index (χ0) is 22.6. The average Bonchev–Trinajstić information content (AvgIpc) is 3.10. The molecule has 0 radical (unpaired) electrons. The van der Waals surface area contributed by atoms with Crippen molar-refractivity contribution in [3.8, 4) is 0 Å². The first-order chi connectivity index (χ1) is 14.5. The highest BCUT2D eigenvalue weighted by molar-refractivity contribution is 7.99. The van der Waals surface area contributed by atoms with Crippen molar-refractivity contribution in [3.05, 3.63) is 64.2 Å². The third-order valence-electron chi connectivity index (χ3n) is 4.52. The summed E-state index contributed by atoms with van der Waals surface area (Å²) in [7, 11) is -5.73. The Balaban J connectivity index is 1.86. The van der Waals surface area contributed by atoms with E-state index >= 15 is 0 Å². The van der Waals surface area contributed by atoms with Gasteiger partial charge in [-0.1, -0.05) is 18.2 Å². The zero-order valence-electron chi connectivity index (χ0n) is 15.5. The molecular weight excluding hydrogens is 457 g/mol. The summed E-state index contributed by atoms with van der Waals surface area (Å²) in [6.45, 7) is 1.90. The van der Waals surface area contributed by atoms with E-state index < -0.39 is 30.9 Å². The van der Waals surface area contributed by atoms with Crippen LogP contribution < -0.4 is 0 Å². The molecule has 4 rings (SSSR count). The number of pyridine rings is 1. The molecule has 0 atom stereocenters. The molecule has 0 aliphatic heterocycles. The molecule has 0 N–H and O–H groups in total. The summed E-state index contributed by atoms with van der Waals surface area (Å²) in [6.07, 6.45) is 0. The predicted molar refractivity (Wildman–Crippen MR) is 106 cm³/mol. The molecule has 2 aromatic carbocycles. The third kappa shape index (κ3) is 3.49. The van der Waals surface area contributed by atoms with E-state index in [2.05, 4.69) is 10.2 Å². The van der Waals surface area contributed by atoms with E-state index in [0.29, 0.717) is 17.8 Å². The second-order valence-corrected chi connectivity index (χ2v) is 9.41. The van der Waals surface area contributed by atoms with Crippen LogP contribution >= 0.6 is 11.8 Å². The van der Waals surface area contributed by atoms with Gasteiger partial charge in [0.05, 0.1) is 20.2 Å². The fraction of sp³-hybridized carbons (Fsp3) is 0.111. The summed E-state index contributed by atoms with van der Waals surface area (Å²) in [4.78, 5) is 9.25. The molecule has 0 fully saturated rings. The van der Waals surface area contributed by atoms with Crippen LogP contribution in [-0.2, 0) is 9.84 Å². The van der Waals surface area contributed by atoms with Crippen LogP contribution in [0, 0.1) is 17.0 Å². The van der Waals surface area contributed by atoms with Crippen molar-refractivity contribution >= 4 is 43.8 Å². The van der Waals surface area contributed by atoms with E-state index in [1.807, 2.05) is 25.1 Å². The van der Waals surface area contributed by atoms with E-state index in [4.69, 9.17) is 0 Å². The number of benzene rings is 2. The number of nitro groups is 1. The number of hydrogen-bond donors (Lipinski definition) is 0. The Morgan fingerprint density at radius 3 is 2.48 bits per heavy atom. The molecule has 0 spiro atoms. The Morgan fingerprint density at radius 2 is 1.81 bits per heavy atom. The maximum atomic E-state index is 12.8. The number of para-hydroxylation sites is 1. The largest absolute Gasteiger partial charge is 0.501 e.